The Kier molecular flexibility index (Phi) is 4.49. The summed E-state index contributed by atoms with van der Waals surface area (Å²) >= 11 is 0. The molecular formula is C15H23N3O3. The summed E-state index contributed by atoms with van der Waals surface area (Å²) in [6.45, 7) is 2.54. The highest BCUT2D eigenvalue weighted by Crippen LogP contribution is 2.22. The molecule has 6 nitrogen and oxygen atoms in total. The standard InChI is InChI=1S/C15H23N3O3/c1-10(19)11-5-14(17(4)7-11)15(21)18-9-13(20)6-12(18)8-16(2)3/h5,7,12-13,20H,6,8-9H2,1-4H3. The Balaban J connectivity index is 2.23. The number of aliphatic hydroxyl groups is 1. The van der Waals surface area contributed by atoms with Gasteiger partial charge < -0.3 is 19.5 Å². The minimum Gasteiger partial charge on any atom is -0.391 e. The van der Waals surface area contributed by atoms with Crippen LogP contribution in [0.2, 0.25) is 0 Å². The Morgan fingerprint density at radius 2 is 2.10 bits per heavy atom. The fourth-order valence-electron chi connectivity index (χ4n) is 2.85. The lowest BCUT2D eigenvalue weighted by atomic mass is 10.2. The number of nitrogens with zero attached hydrogens (tertiary/aromatic N) is 3. The Labute approximate surface area is 124 Å². The quantitative estimate of drug-likeness (QED) is 0.814. The van der Waals surface area contributed by atoms with Crippen LogP contribution in [0.4, 0.5) is 0 Å². The molecule has 0 saturated carbocycles. The molecule has 0 radical (unpaired) electrons. The molecule has 2 unspecified atom stereocenters. The van der Waals surface area contributed by atoms with Gasteiger partial charge in [0.25, 0.3) is 5.91 Å². The normalized spacial score (nSPS) is 22.1. The zero-order valence-corrected chi connectivity index (χ0v) is 13.0. The summed E-state index contributed by atoms with van der Waals surface area (Å²) in [6.07, 6.45) is 1.78. The number of carbonyl (C=O) groups excluding carboxylic acids is 2. The molecule has 0 bridgehead atoms. The van der Waals surface area contributed by atoms with Gasteiger partial charge >= 0.3 is 0 Å². The lowest BCUT2D eigenvalue weighted by Gasteiger charge is -2.26. The lowest BCUT2D eigenvalue weighted by Crippen LogP contribution is -2.42. The van der Waals surface area contributed by atoms with Gasteiger partial charge in [-0.05, 0) is 33.5 Å². The van der Waals surface area contributed by atoms with Crippen LogP contribution >= 0.6 is 0 Å². The zero-order valence-electron chi connectivity index (χ0n) is 13.0. The van der Waals surface area contributed by atoms with E-state index in [2.05, 4.69) is 0 Å². The molecule has 116 valence electrons. The summed E-state index contributed by atoms with van der Waals surface area (Å²) in [5.41, 5.74) is 1.02. The van der Waals surface area contributed by atoms with Crippen LogP contribution in [0, 0.1) is 0 Å². The maximum absolute atomic E-state index is 12.7. The average Bonchev–Trinajstić information content (AvgIpc) is 2.91. The predicted molar refractivity (Wildman–Crippen MR) is 79.4 cm³/mol. The predicted octanol–water partition coefficient (Wildman–Crippen LogP) is 0.365. The number of hydrogen-bond donors (Lipinski definition) is 1. The van der Waals surface area contributed by atoms with Crippen molar-refractivity contribution in [3.05, 3.63) is 23.5 Å². The number of likely N-dealkylation sites (N-methyl/N-ethyl adjacent to an activating group) is 1. The molecule has 2 heterocycles. The second kappa shape index (κ2) is 5.99. The molecule has 1 saturated heterocycles. The minimum absolute atomic E-state index is 0.00169. The number of hydrogen-bond acceptors (Lipinski definition) is 4. The summed E-state index contributed by atoms with van der Waals surface area (Å²) in [7, 11) is 5.65. The minimum atomic E-state index is -0.480. The van der Waals surface area contributed by atoms with Gasteiger partial charge in [-0.1, -0.05) is 0 Å². The van der Waals surface area contributed by atoms with Gasteiger partial charge in [0, 0.05) is 37.9 Å². The smallest absolute Gasteiger partial charge is 0.270 e. The van der Waals surface area contributed by atoms with Crippen molar-refractivity contribution in [3.8, 4) is 0 Å². The fourth-order valence-corrected chi connectivity index (χ4v) is 2.85. The van der Waals surface area contributed by atoms with Crippen LogP contribution in [-0.2, 0) is 7.05 Å². The van der Waals surface area contributed by atoms with Crippen molar-refractivity contribution < 1.29 is 14.7 Å². The molecule has 0 spiro atoms. The molecule has 1 aliphatic heterocycles. The molecule has 21 heavy (non-hydrogen) atoms. The first-order chi connectivity index (χ1) is 9.79. The Morgan fingerprint density at radius 1 is 1.43 bits per heavy atom. The van der Waals surface area contributed by atoms with Crippen molar-refractivity contribution in [2.24, 2.45) is 7.05 Å². The number of aromatic nitrogens is 1. The van der Waals surface area contributed by atoms with E-state index in [1.807, 2.05) is 19.0 Å². The maximum Gasteiger partial charge on any atom is 0.270 e. The molecule has 1 amide bonds. The highest BCUT2D eigenvalue weighted by atomic mass is 16.3. The first-order valence-corrected chi connectivity index (χ1v) is 7.10. The number of β-amino-alcohol motifs (C(OH)–C–C–N with tert-alkyl or cyclic N) is 1. The highest BCUT2D eigenvalue weighted by molar-refractivity contribution is 5.99. The molecular weight excluding hydrogens is 270 g/mol. The lowest BCUT2D eigenvalue weighted by molar-refractivity contribution is 0.0689. The topological polar surface area (TPSA) is 65.8 Å². The second-order valence-corrected chi connectivity index (χ2v) is 6.04. The van der Waals surface area contributed by atoms with Gasteiger partial charge in [-0.15, -0.1) is 0 Å². The van der Waals surface area contributed by atoms with Crippen molar-refractivity contribution >= 4 is 11.7 Å². The van der Waals surface area contributed by atoms with E-state index in [1.165, 1.54) is 6.92 Å². The van der Waals surface area contributed by atoms with E-state index in [9.17, 15) is 14.7 Å². The summed E-state index contributed by atoms with van der Waals surface area (Å²) < 4.78 is 1.68. The number of aliphatic hydroxyl groups excluding tert-OH is 1. The zero-order chi connectivity index (χ0) is 15.7. The van der Waals surface area contributed by atoms with Crippen LogP contribution in [0.25, 0.3) is 0 Å². The van der Waals surface area contributed by atoms with Crippen LogP contribution in [0.1, 0.15) is 34.2 Å². The monoisotopic (exact) mass is 293 g/mol. The summed E-state index contributed by atoms with van der Waals surface area (Å²) in [4.78, 5) is 27.9. The third kappa shape index (κ3) is 3.33. The van der Waals surface area contributed by atoms with Crippen LogP contribution in [0.5, 0.6) is 0 Å². The Hall–Kier alpha value is -1.66. The largest absolute Gasteiger partial charge is 0.391 e. The Bertz CT molecular complexity index is 550. The van der Waals surface area contributed by atoms with Crippen LogP contribution in [0.3, 0.4) is 0 Å². The number of aryl methyl sites for hydroxylation is 1. The van der Waals surface area contributed by atoms with E-state index in [0.29, 0.717) is 30.8 Å². The summed E-state index contributed by atoms with van der Waals surface area (Å²) in [5.74, 6) is -0.190. The van der Waals surface area contributed by atoms with Crippen molar-refractivity contribution in [1.82, 2.24) is 14.4 Å². The number of ketones is 1. The van der Waals surface area contributed by atoms with Crippen LogP contribution < -0.4 is 0 Å². The van der Waals surface area contributed by atoms with E-state index in [4.69, 9.17) is 0 Å². The first-order valence-electron chi connectivity index (χ1n) is 7.10. The number of carbonyl (C=O) groups is 2. The number of likely N-dealkylation sites (tertiary alicyclic amines) is 1. The molecule has 0 aromatic carbocycles. The van der Waals surface area contributed by atoms with E-state index >= 15 is 0 Å². The number of rotatable bonds is 4. The molecule has 1 aromatic heterocycles. The molecule has 2 rings (SSSR count). The first kappa shape index (κ1) is 15.7. The van der Waals surface area contributed by atoms with Crippen LogP contribution in [-0.4, -0.2) is 70.5 Å². The van der Waals surface area contributed by atoms with Gasteiger partial charge in [0.15, 0.2) is 5.78 Å². The molecule has 1 aromatic rings. The SMILES string of the molecule is CC(=O)c1cc(C(=O)N2CC(O)CC2CN(C)C)n(C)c1. The van der Waals surface area contributed by atoms with Crippen molar-refractivity contribution in [1.29, 1.82) is 0 Å². The van der Waals surface area contributed by atoms with Crippen LogP contribution in [0.15, 0.2) is 12.3 Å². The highest BCUT2D eigenvalue weighted by Gasteiger charge is 2.35. The van der Waals surface area contributed by atoms with Gasteiger partial charge in [0.1, 0.15) is 5.69 Å². The van der Waals surface area contributed by atoms with Gasteiger partial charge in [0.05, 0.1) is 6.10 Å². The van der Waals surface area contributed by atoms with Crippen molar-refractivity contribution in [2.45, 2.75) is 25.5 Å². The summed E-state index contributed by atoms with van der Waals surface area (Å²) in [5, 5.41) is 9.87. The number of amides is 1. The number of Topliss-reactive ketones (excluding diaryl/α,β-unsaturated/α-hetero) is 1. The van der Waals surface area contributed by atoms with Gasteiger partial charge in [-0.2, -0.15) is 0 Å². The molecule has 6 heteroatoms. The van der Waals surface area contributed by atoms with Gasteiger partial charge in [-0.25, -0.2) is 0 Å². The maximum atomic E-state index is 12.7. The molecule has 1 N–H and O–H groups in total. The van der Waals surface area contributed by atoms with Crippen molar-refractivity contribution in [3.63, 3.8) is 0 Å². The third-order valence-corrected chi connectivity index (χ3v) is 3.86. The van der Waals surface area contributed by atoms with E-state index in [-0.39, 0.29) is 17.7 Å². The third-order valence-electron chi connectivity index (χ3n) is 3.86. The molecule has 0 aliphatic carbocycles. The van der Waals surface area contributed by atoms with Gasteiger partial charge in [-0.3, -0.25) is 9.59 Å². The average molecular weight is 293 g/mol. The van der Waals surface area contributed by atoms with Crippen molar-refractivity contribution in [2.75, 3.05) is 27.2 Å². The van der Waals surface area contributed by atoms with E-state index < -0.39 is 6.10 Å². The molecule has 2 atom stereocenters. The summed E-state index contributed by atoms with van der Waals surface area (Å²) in [6, 6.07) is 1.63. The second-order valence-electron chi connectivity index (χ2n) is 6.04. The van der Waals surface area contributed by atoms with E-state index in [0.717, 1.165) is 0 Å². The fraction of sp³-hybridized carbons (Fsp3) is 0.600. The van der Waals surface area contributed by atoms with E-state index in [1.54, 1.807) is 28.8 Å². The van der Waals surface area contributed by atoms with Gasteiger partial charge in [0.2, 0.25) is 0 Å². The Morgan fingerprint density at radius 3 is 2.62 bits per heavy atom. The molecule has 1 fully saturated rings. The molecule has 1 aliphatic rings.